The first-order valence-corrected chi connectivity index (χ1v) is 7.73. The van der Waals surface area contributed by atoms with E-state index < -0.39 is 0 Å². The fourth-order valence-corrected chi connectivity index (χ4v) is 2.69. The minimum Gasteiger partial charge on any atom is -0.497 e. The fraction of sp³-hybridized carbons (Fsp3) is 0.588. The highest BCUT2D eigenvalue weighted by Gasteiger charge is 2.31. The molecule has 2 rings (SSSR count). The van der Waals surface area contributed by atoms with Gasteiger partial charge in [0.1, 0.15) is 5.75 Å². The Balaban J connectivity index is 0.00000116. The summed E-state index contributed by atoms with van der Waals surface area (Å²) in [5.41, 5.74) is 2.42. The van der Waals surface area contributed by atoms with Crippen LogP contribution in [0.5, 0.6) is 5.75 Å². The van der Waals surface area contributed by atoms with Crippen molar-refractivity contribution in [2.45, 2.75) is 26.3 Å². The van der Waals surface area contributed by atoms with Crippen LogP contribution >= 0.6 is 0 Å². The maximum absolute atomic E-state index is 12.0. The van der Waals surface area contributed by atoms with Gasteiger partial charge in [-0.3, -0.25) is 4.90 Å². The van der Waals surface area contributed by atoms with Crippen molar-refractivity contribution in [1.29, 1.82) is 0 Å². The normalized spacial score (nSPS) is 16.5. The number of nitrogens with zero attached hydrogens (tertiary/aromatic N) is 2. The lowest BCUT2D eigenvalue weighted by molar-refractivity contribution is 0.0924. The van der Waals surface area contributed by atoms with Gasteiger partial charge < -0.3 is 14.4 Å². The molecule has 124 valence electrons. The molecule has 0 N–H and O–H groups in total. The Morgan fingerprint density at radius 3 is 2.55 bits per heavy atom. The molecule has 1 aromatic carbocycles. The van der Waals surface area contributed by atoms with Crippen LogP contribution in [0.15, 0.2) is 18.2 Å². The number of likely N-dealkylation sites (N-methyl/N-ethyl adjacent to an activating group) is 1. The molecule has 1 aromatic rings. The molecule has 1 heterocycles. The molecule has 5 nitrogen and oxygen atoms in total. The zero-order valence-corrected chi connectivity index (χ0v) is 14.5. The van der Waals surface area contributed by atoms with E-state index in [1.165, 1.54) is 18.2 Å². The van der Waals surface area contributed by atoms with Crippen LogP contribution in [0, 0.1) is 0 Å². The average molecular weight is 308 g/mol. The van der Waals surface area contributed by atoms with Gasteiger partial charge in [0.25, 0.3) is 0 Å². The highest BCUT2D eigenvalue weighted by molar-refractivity contribution is 5.69. The van der Waals surface area contributed by atoms with Gasteiger partial charge in [0.2, 0.25) is 0 Å². The molecule has 0 aliphatic carbocycles. The fourth-order valence-electron chi connectivity index (χ4n) is 2.69. The summed E-state index contributed by atoms with van der Waals surface area (Å²) in [6, 6.07) is 6.08. The van der Waals surface area contributed by atoms with Gasteiger partial charge >= 0.3 is 6.09 Å². The van der Waals surface area contributed by atoms with Gasteiger partial charge in [-0.05, 0) is 43.8 Å². The number of rotatable bonds is 3. The first-order valence-electron chi connectivity index (χ1n) is 7.73. The number of hydrogen-bond donors (Lipinski definition) is 0. The van der Waals surface area contributed by atoms with Crippen molar-refractivity contribution in [3.8, 4) is 5.75 Å². The van der Waals surface area contributed by atoms with Gasteiger partial charge in [-0.15, -0.1) is 0 Å². The predicted octanol–water partition coefficient (Wildman–Crippen LogP) is 2.95. The Bertz CT molecular complexity index is 489. The highest BCUT2D eigenvalue weighted by Crippen LogP contribution is 2.32. The van der Waals surface area contributed by atoms with Gasteiger partial charge in [-0.1, -0.05) is 19.9 Å². The standard InChI is InChI=1S/C15H22N2O3.C2H6/c1-16(2)10-14-13-6-5-12(19-3)9-11(13)7-8-17(14)15(18)20-4;1-2/h5-6,9,14H,7-8,10H2,1-4H3;1-2H3. The molecular weight excluding hydrogens is 280 g/mol. The van der Waals surface area contributed by atoms with Crippen LogP contribution in [0.3, 0.4) is 0 Å². The summed E-state index contributed by atoms with van der Waals surface area (Å²) >= 11 is 0. The molecule has 1 unspecified atom stereocenters. The zero-order chi connectivity index (χ0) is 16.7. The average Bonchev–Trinajstić information content (AvgIpc) is 2.55. The lowest BCUT2D eigenvalue weighted by atomic mass is 9.92. The van der Waals surface area contributed by atoms with Crippen molar-refractivity contribution >= 4 is 6.09 Å². The molecule has 5 heteroatoms. The smallest absolute Gasteiger partial charge is 0.410 e. The van der Waals surface area contributed by atoms with E-state index in [0.717, 1.165) is 18.7 Å². The quantitative estimate of drug-likeness (QED) is 0.861. The topological polar surface area (TPSA) is 42.0 Å². The molecule has 0 saturated heterocycles. The molecule has 1 aliphatic heterocycles. The third kappa shape index (κ3) is 4.13. The molecule has 0 bridgehead atoms. The third-order valence-electron chi connectivity index (χ3n) is 3.65. The van der Waals surface area contributed by atoms with Gasteiger partial charge in [0.15, 0.2) is 0 Å². The van der Waals surface area contributed by atoms with E-state index in [2.05, 4.69) is 17.0 Å². The molecule has 1 atom stereocenters. The summed E-state index contributed by atoms with van der Waals surface area (Å²) in [6.07, 6.45) is 0.560. The summed E-state index contributed by atoms with van der Waals surface area (Å²) in [6.45, 7) is 5.44. The van der Waals surface area contributed by atoms with Gasteiger partial charge in [-0.2, -0.15) is 0 Å². The first-order chi connectivity index (χ1) is 10.6. The van der Waals surface area contributed by atoms with Crippen LogP contribution in [-0.4, -0.2) is 57.3 Å². The third-order valence-corrected chi connectivity index (χ3v) is 3.65. The summed E-state index contributed by atoms with van der Waals surface area (Å²) in [5.74, 6) is 0.860. The molecule has 0 radical (unpaired) electrons. The van der Waals surface area contributed by atoms with E-state index in [4.69, 9.17) is 9.47 Å². The molecular formula is C17H28N2O3. The highest BCUT2D eigenvalue weighted by atomic mass is 16.5. The second-order valence-corrected chi connectivity index (χ2v) is 5.26. The van der Waals surface area contributed by atoms with Crippen molar-refractivity contribution in [2.24, 2.45) is 0 Å². The minimum atomic E-state index is -0.265. The Morgan fingerprint density at radius 1 is 1.32 bits per heavy atom. The number of ether oxygens (including phenoxy) is 2. The molecule has 0 fully saturated rings. The van der Waals surface area contributed by atoms with Gasteiger partial charge in [0, 0.05) is 13.1 Å². The van der Waals surface area contributed by atoms with Crippen molar-refractivity contribution < 1.29 is 14.3 Å². The van der Waals surface area contributed by atoms with Crippen LogP contribution < -0.4 is 4.74 Å². The van der Waals surface area contributed by atoms with E-state index in [1.807, 2.05) is 34.0 Å². The molecule has 0 aromatic heterocycles. The number of benzene rings is 1. The lowest BCUT2D eigenvalue weighted by Gasteiger charge is -2.37. The van der Waals surface area contributed by atoms with Crippen LogP contribution in [0.25, 0.3) is 0 Å². The Labute approximate surface area is 133 Å². The van der Waals surface area contributed by atoms with Crippen molar-refractivity contribution in [1.82, 2.24) is 9.80 Å². The van der Waals surface area contributed by atoms with Crippen LogP contribution in [0.1, 0.15) is 31.0 Å². The number of methoxy groups -OCH3 is 2. The number of fused-ring (bicyclic) bond motifs is 1. The van der Waals surface area contributed by atoms with Gasteiger partial charge in [0.05, 0.1) is 20.3 Å². The Kier molecular flexibility index (Phi) is 7.18. The van der Waals surface area contributed by atoms with Crippen LogP contribution in [0.2, 0.25) is 0 Å². The number of carbonyl (C=O) groups excluding carboxylic acids is 1. The summed E-state index contributed by atoms with van der Waals surface area (Å²) in [5, 5.41) is 0. The van der Waals surface area contributed by atoms with E-state index >= 15 is 0 Å². The van der Waals surface area contributed by atoms with Gasteiger partial charge in [-0.25, -0.2) is 4.79 Å². The molecule has 1 aliphatic rings. The predicted molar refractivity (Wildman–Crippen MR) is 88.5 cm³/mol. The van der Waals surface area contributed by atoms with Crippen LogP contribution in [0.4, 0.5) is 4.79 Å². The van der Waals surface area contributed by atoms with E-state index in [1.54, 1.807) is 12.0 Å². The van der Waals surface area contributed by atoms with Crippen molar-refractivity contribution in [3.05, 3.63) is 29.3 Å². The van der Waals surface area contributed by atoms with E-state index in [0.29, 0.717) is 6.54 Å². The Morgan fingerprint density at radius 2 is 2.00 bits per heavy atom. The van der Waals surface area contributed by atoms with E-state index in [9.17, 15) is 4.79 Å². The number of carbonyl (C=O) groups is 1. The number of amides is 1. The maximum atomic E-state index is 12.0. The lowest BCUT2D eigenvalue weighted by Crippen LogP contribution is -2.43. The van der Waals surface area contributed by atoms with E-state index in [-0.39, 0.29) is 12.1 Å². The zero-order valence-electron chi connectivity index (χ0n) is 14.5. The first kappa shape index (κ1) is 18.3. The SMILES string of the molecule is CC.COC(=O)N1CCc2cc(OC)ccc2C1CN(C)C. The van der Waals surface area contributed by atoms with Crippen molar-refractivity contribution in [2.75, 3.05) is 41.4 Å². The minimum absolute atomic E-state index is 0.0205. The van der Waals surface area contributed by atoms with Crippen molar-refractivity contribution in [3.63, 3.8) is 0 Å². The Hall–Kier alpha value is -1.75. The monoisotopic (exact) mass is 308 g/mol. The second-order valence-electron chi connectivity index (χ2n) is 5.26. The molecule has 0 saturated carbocycles. The summed E-state index contributed by atoms with van der Waals surface area (Å²) in [4.78, 5) is 15.8. The number of hydrogen-bond acceptors (Lipinski definition) is 4. The summed E-state index contributed by atoms with van der Waals surface area (Å²) in [7, 11) is 7.11. The maximum Gasteiger partial charge on any atom is 0.410 e. The molecule has 1 amide bonds. The second kappa shape index (κ2) is 8.63. The molecule has 22 heavy (non-hydrogen) atoms. The van der Waals surface area contributed by atoms with Crippen LogP contribution in [-0.2, 0) is 11.2 Å². The summed E-state index contributed by atoms with van der Waals surface area (Å²) < 4.78 is 10.2. The largest absolute Gasteiger partial charge is 0.497 e. The molecule has 0 spiro atoms.